The third kappa shape index (κ3) is 2.38. The predicted octanol–water partition coefficient (Wildman–Crippen LogP) is 3.27. The molecular formula is C13H23N. The Balaban J connectivity index is 1.99. The number of piperidine rings is 1. The van der Waals surface area contributed by atoms with Crippen LogP contribution in [0, 0.1) is 5.92 Å². The van der Waals surface area contributed by atoms with Gasteiger partial charge in [-0.15, -0.1) is 0 Å². The van der Waals surface area contributed by atoms with Crippen molar-refractivity contribution < 1.29 is 0 Å². The van der Waals surface area contributed by atoms with Crippen molar-refractivity contribution >= 4 is 0 Å². The molecule has 1 heterocycles. The Labute approximate surface area is 88.0 Å². The van der Waals surface area contributed by atoms with E-state index in [-0.39, 0.29) is 0 Å². The number of rotatable bonds is 0. The molecule has 2 atom stereocenters. The lowest BCUT2D eigenvalue weighted by Gasteiger charge is -2.29. The Morgan fingerprint density at radius 2 is 1.93 bits per heavy atom. The first-order chi connectivity index (χ1) is 6.75. The first-order valence-corrected chi connectivity index (χ1v) is 6.19. The molecule has 0 bridgehead atoms. The average Bonchev–Trinajstić information content (AvgIpc) is 2.19. The van der Waals surface area contributed by atoms with E-state index in [9.17, 15) is 0 Å². The van der Waals surface area contributed by atoms with Crippen LogP contribution in [0.25, 0.3) is 0 Å². The summed E-state index contributed by atoms with van der Waals surface area (Å²) in [7, 11) is 0. The SMILES string of the molecule is CC1CCC/C(=C2\CCC(C)NC2)C1. The Bertz CT molecular complexity index is 219. The van der Waals surface area contributed by atoms with Gasteiger partial charge in [-0.3, -0.25) is 0 Å². The maximum atomic E-state index is 3.59. The van der Waals surface area contributed by atoms with Gasteiger partial charge in [0.25, 0.3) is 0 Å². The highest BCUT2D eigenvalue weighted by molar-refractivity contribution is 5.19. The van der Waals surface area contributed by atoms with Crippen molar-refractivity contribution in [2.75, 3.05) is 6.54 Å². The van der Waals surface area contributed by atoms with E-state index in [0.717, 1.165) is 12.0 Å². The molecule has 0 aromatic carbocycles. The molecule has 14 heavy (non-hydrogen) atoms. The normalized spacial score (nSPS) is 39.9. The molecule has 0 radical (unpaired) electrons. The molecule has 1 N–H and O–H groups in total. The summed E-state index contributed by atoms with van der Waals surface area (Å²) in [6, 6.07) is 0.736. The smallest absolute Gasteiger partial charge is 0.0169 e. The van der Waals surface area contributed by atoms with Crippen LogP contribution >= 0.6 is 0 Å². The van der Waals surface area contributed by atoms with Gasteiger partial charge in [-0.2, -0.15) is 0 Å². The summed E-state index contributed by atoms with van der Waals surface area (Å²) in [4.78, 5) is 0. The molecular weight excluding hydrogens is 170 g/mol. The Morgan fingerprint density at radius 1 is 1.07 bits per heavy atom. The molecule has 0 spiro atoms. The second kappa shape index (κ2) is 4.48. The van der Waals surface area contributed by atoms with Crippen LogP contribution < -0.4 is 5.32 Å². The maximum Gasteiger partial charge on any atom is 0.0169 e. The minimum atomic E-state index is 0.736. The predicted molar refractivity (Wildman–Crippen MR) is 61.4 cm³/mol. The molecule has 2 rings (SSSR count). The third-order valence-corrected chi connectivity index (χ3v) is 3.81. The zero-order valence-electron chi connectivity index (χ0n) is 9.60. The molecule has 1 aliphatic heterocycles. The van der Waals surface area contributed by atoms with E-state index in [1.54, 1.807) is 11.1 Å². The van der Waals surface area contributed by atoms with Gasteiger partial charge in [0.15, 0.2) is 0 Å². The number of hydrogen-bond acceptors (Lipinski definition) is 1. The van der Waals surface area contributed by atoms with Crippen LogP contribution in [0.4, 0.5) is 0 Å². The summed E-state index contributed by atoms with van der Waals surface area (Å²) >= 11 is 0. The van der Waals surface area contributed by atoms with Crippen LogP contribution in [0.5, 0.6) is 0 Å². The minimum Gasteiger partial charge on any atom is -0.311 e. The standard InChI is InChI=1S/C13H23N/c1-10-4-3-5-12(8-10)13-7-6-11(2)14-9-13/h10-11,14H,3-9H2,1-2H3/b13-12-. The van der Waals surface area contributed by atoms with Gasteiger partial charge in [-0.05, 0) is 44.9 Å². The monoisotopic (exact) mass is 193 g/mol. The summed E-state index contributed by atoms with van der Waals surface area (Å²) in [6.07, 6.45) is 8.33. The lowest BCUT2D eigenvalue weighted by atomic mass is 9.82. The zero-order valence-corrected chi connectivity index (χ0v) is 9.60. The van der Waals surface area contributed by atoms with Crippen molar-refractivity contribution in [2.45, 2.75) is 58.4 Å². The molecule has 1 nitrogen and oxygen atoms in total. The zero-order chi connectivity index (χ0) is 9.97. The van der Waals surface area contributed by atoms with Crippen molar-refractivity contribution in [1.29, 1.82) is 0 Å². The van der Waals surface area contributed by atoms with Gasteiger partial charge in [-0.25, -0.2) is 0 Å². The highest BCUT2D eigenvalue weighted by atomic mass is 14.9. The van der Waals surface area contributed by atoms with E-state index in [1.165, 1.54) is 45.1 Å². The number of hydrogen-bond donors (Lipinski definition) is 1. The van der Waals surface area contributed by atoms with Crippen LogP contribution in [0.2, 0.25) is 0 Å². The molecule has 0 aromatic heterocycles. The van der Waals surface area contributed by atoms with Gasteiger partial charge in [-0.1, -0.05) is 24.5 Å². The van der Waals surface area contributed by atoms with E-state index in [0.29, 0.717) is 0 Å². The molecule has 0 aromatic rings. The van der Waals surface area contributed by atoms with E-state index in [1.807, 2.05) is 0 Å². The van der Waals surface area contributed by atoms with E-state index >= 15 is 0 Å². The molecule has 2 fully saturated rings. The average molecular weight is 193 g/mol. The van der Waals surface area contributed by atoms with Crippen LogP contribution in [0.15, 0.2) is 11.1 Å². The number of allylic oxidation sites excluding steroid dienone is 1. The minimum absolute atomic E-state index is 0.736. The molecule has 0 amide bonds. The Hall–Kier alpha value is -0.300. The van der Waals surface area contributed by atoms with Crippen molar-refractivity contribution in [2.24, 2.45) is 5.92 Å². The van der Waals surface area contributed by atoms with E-state index in [4.69, 9.17) is 0 Å². The van der Waals surface area contributed by atoms with Crippen LogP contribution in [0.1, 0.15) is 52.4 Å². The fraction of sp³-hybridized carbons (Fsp3) is 0.846. The fourth-order valence-corrected chi connectivity index (χ4v) is 2.79. The highest BCUT2D eigenvalue weighted by Gasteiger charge is 2.19. The van der Waals surface area contributed by atoms with Crippen molar-refractivity contribution in [3.63, 3.8) is 0 Å². The quantitative estimate of drug-likeness (QED) is 0.582. The second-order valence-electron chi connectivity index (χ2n) is 5.23. The first kappa shape index (κ1) is 10.2. The summed E-state index contributed by atoms with van der Waals surface area (Å²) in [6.45, 7) is 5.87. The molecule has 1 heteroatoms. The van der Waals surface area contributed by atoms with Gasteiger partial charge in [0.2, 0.25) is 0 Å². The lowest BCUT2D eigenvalue weighted by Crippen LogP contribution is -2.33. The maximum absolute atomic E-state index is 3.59. The third-order valence-electron chi connectivity index (χ3n) is 3.81. The summed E-state index contributed by atoms with van der Waals surface area (Å²) < 4.78 is 0. The highest BCUT2D eigenvalue weighted by Crippen LogP contribution is 2.32. The topological polar surface area (TPSA) is 12.0 Å². The van der Waals surface area contributed by atoms with E-state index in [2.05, 4.69) is 19.2 Å². The molecule has 1 saturated heterocycles. The van der Waals surface area contributed by atoms with E-state index < -0.39 is 0 Å². The molecule has 1 aliphatic carbocycles. The Morgan fingerprint density at radius 3 is 2.57 bits per heavy atom. The van der Waals surface area contributed by atoms with Gasteiger partial charge < -0.3 is 5.32 Å². The summed E-state index contributed by atoms with van der Waals surface area (Å²) in [5.41, 5.74) is 3.54. The Kier molecular flexibility index (Phi) is 3.27. The van der Waals surface area contributed by atoms with Crippen molar-refractivity contribution in [3.8, 4) is 0 Å². The van der Waals surface area contributed by atoms with Crippen LogP contribution in [-0.2, 0) is 0 Å². The summed E-state index contributed by atoms with van der Waals surface area (Å²) in [5, 5.41) is 3.59. The molecule has 2 unspecified atom stereocenters. The molecule has 1 saturated carbocycles. The van der Waals surface area contributed by atoms with Gasteiger partial charge >= 0.3 is 0 Å². The number of nitrogens with one attached hydrogen (secondary N) is 1. The molecule has 2 aliphatic rings. The van der Waals surface area contributed by atoms with Gasteiger partial charge in [0.05, 0.1) is 0 Å². The van der Waals surface area contributed by atoms with Crippen molar-refractivity contribution in [3.05, 3.63) is 11.1 Å². The van der Waals surface area contributed by atoms with Crippen LogP contribution in [0.3, 0.4) is 0 Å². The largest absolute Gasteiger partial charge is 0.311 e. The van der Waals surface area contributed by atoms with Crippen LogP contribution in [-0.4, -0.2) is 12.6 Å². The lowest BCUT2D eigenvalue weighted by molar-refractivity contribution is 0.431. The van der Waals surface area contributed by atoms with Gasteiger partial charge in [0.1, 0.15) is 0 Å². The van der Waals surface area contributed by atoms with Crippen molar-refractivity contribution in [1.82, 2.24) is 5.32 Å². The summed E-state index contributed by atoms with van der Waals surface area (Å²) in [5.74, 6) is 0.936. The fourth-order valence-electron chi connectivity index (χ4n) is 2.79. The molecule has 80 valence electrons. The first-order valence-electron chi connectivity index (χ1n) is 6.19. The second-order valence-corrected chi connectivity index (χ2v) is 5.23. The van der Waals surface area contributed by atoms with Gasteiger partial charge in [0, 0.05) is 12.6 Å².